The van der Waals surface area contributed by atoms with E-state index in [2.05, 4.69) is 12.2 Å². The molecule has 0 spiro atoms. The van der Waals surface area contributed by atoms with Crippen LogP contribution in [0.5, 0.6) is 0 Å². The molecule has 0 aromatic heterocycles. The van der Waals surface area contributed by atoms with Crippen molar-refractivity contribution in [2.75, 3.05) is 6.54 Å². The van der Waals surface area contributed by atoms with Crippen LogP contribution in [0, 0.1) is 5.41 Å². The predicted octanol–water partition coefficient (Wildman–Crippen LogP) is 2.09. The molecule has 0 saturated heterocycles. The zero-order valence-electron chi connectivity index (χ0n) is 10.5. The van der Waals surface area contributed by atoms with Gasteiger partial charge in [-0.3, -0.25) is 4.79 Å². The average molecular weight is 215 g/mol. The Balaban J connectivity index is 3.57. The molecular formula is C12H25NO2. The van der Waals surface area contributed by atoms with Crippen LogP contribution in [0.2, 0.25) is 0 Å². The van der Waals surface area contributed by atoms with Crippen molar-refractivity contribution in [1.29, 1.82) is 0 Å². The Morgan fingerprint density at radius 1 is 1.40 bits per heavy atom. The molecule has 2 N–H and O–H groups in total. The highest BCUT2D eigenvalue weighted by Crippen LogP contribution is 2.20. The van der Waals surface area contributed by atoms with E-state index in [1.54, 1.807) is 0 Å². The summed E-state index contributed by atoms with van der Waals surface area (Å²) in [5.74, 6) is 0.0953. The van der Waals surface area contributed by atoms with E-state index in [4.69, 9.17) is 0 Å². The van der Waals surface area contributed by atoms with Crippen molar-refractivity contribution >= 4 is 5.91 Å². The van der Waals surface area contributed by atoms with E-state index >= 15 is 0 Å². The number of unbranched alkanes of at least 4 members (excludes halogenated alkanes) is 1. The highest BCUT2D eigenvalue weighted by atomic mass is 16.3. The summed E-state index contributed by atoms with van der Waals surface area (Å²) in [6, 6.07) is 0. The minimum Gasteiger partial charge on any atom is -0.393 e. The summed E-state index contributed by atoms with van der Waals surface area (Å²) in [5, 5.41) is 12.5. The lowest BCUT2D eigenvalue weighted by Gasteiger charge is -2.25. The molecule has 3 nitrogen and oxygen atoms in total. The summed E-state index contributed by atoms with van der Waals surface area (Å²) in [5.41, 5.74) is -0.103. The third-order valence-electron chi connectivity index (χ3n) is 2.50. The summed E-state index contributed by atoms with van der Waals surface area (Å²) in [6.45, 7) is 8.63. The third kappa shape index (κ3) is 7.37. The molecule has 0 aromatic carbocycles. The Morgan fingerprint density at radius 3 is 2.47 bits per heavy atom. The summed E-state index contributed by atoms with van der Waals surface area (Å²) in [6.07, 6.45) is 2.85. The van der Waals surface area contributed by atoms with Gasteiger partial charge in [-0.15, -0.1) is 0 Å². The van der Waals surface area contributed by atoms with E-state index in [1.807, 2.05) is 20.8 Å². The van der Waals surface area contributed by atoms with E-state index < -0.39 is 0 Å². The van der Waals surface area contributed by atoms with Crippen LogP contribution in [-0.2, 0) is 4.79 Å². The lowest BCUT2D eigenvalue weighted by atomic mass is 9.87. The fraction of sp³-hybridized carbons (Fsp3) is 0.917. The van der Waals surface area contributed by atoms with Gasteiger partial charge in [0, 0.05) is 13.0 Å². The van der Waals surface area contributed by atoms with E-state index in [1.165, 1.54) is 0 Å². The molecular weight excluding hydrogens is 190 g/mol. The first-order valence-electron chi connectivity index (χ1n) is 5.82. The Labute approximate surface area is 93.3 Å². The molecule has 0 aliphatic rings. The SMILES string of the molecule is CCCCC(=O)NCCC(O)C(C)(C)C. The van der Waals surface area contributed by atoms with Gasteiger partial charge < -0.3 is 10.4 Å². The zero-order chi connectivity index (χ0) is 11.9. The van der Waals surface area contributed by atoms with Gasteiger partial charge in [-0.25, -0.2) is 0 Å². The Hall–Kier alpha value is -0.570. The second-order valence-electron chi connectivity index (χ2n) is 5.12. The molecule has 0 aromatic rings. The van der Waals surface area contributed by atoms with Crippen molar-refractivity contribution in [3.05, 3.63) is 0 Å². The van der Waals surface area contributed by atoms with Gasteiger partial charge in [-0.1, -0.05) is 34.1 Å². The van der Waals surface area contributed by atoms with Gasteiger partial charge >= 0.3 is 0 Å². The highest BCUT2D eigenvalue weighted by Gasteiger charge is 2.21. The average Bonchev–Trinajstić information content (AvgIpc) is 2.13. The van der Waals surface area contributed by atoms with Crippen LogP contribution < -0.4 is 5.32 Å². The van der Waals surface area contributed by atoms with Crippen LogP contribution in [0.3, 0.4) is 0 Å². The Morgan fingerprint density at radius 2 is 2.00 bits per heavy atom. The zero-order valence-corrected chi connectivity index (χ0v) is 10.5. The maximum absolute atomic E-state index is 11.2. The first-order chi connectivity index (χ1) is 6.88. The lowest BCUT2D eigenvalue weighted by molar-refractivity contribution is -0.121. The van der Waals surface area contributed by atoms with Gasteiger partial charge in [0.1, 0.15) is 0 Å². The number of amides is 1. The van der Waals surface area contributed by atoms with Crippen molar-refractivity contribution in [2.45, 2.75) is 59.5 Å². The van der Waals surface area contributed by atoms with Crippen LogP contribution in [0.4, 0.5) is 0 Å². The molecule has 0 aliphatic heterocycles. The first-order valence-corrected chi connectivity index (χ1v) is 5.82. The quantitative estimate of drug-likeness (QED) is 0.713. The molecule has 15 heavy (non-hydrogen) atoms. The number of aliphatic hydroxyl groups is 1. The minimum atomic E-state index is -0.357. The van der Waals surface area contributed by atoms with Crippen molar-refractivity contribution in [3.63, 3.8) is 0 Å². The number of hydrogen-bond acceptors (Lipinski definition) is 2. The van der Waals surface area contributed by atoms with Gasteiger partial charge in [0.2, 0.25) is 5.91 Å². The van der Waals surface area contributed by atoms with Crippen LogP contribution in [0.25, 0.3) is 0 Å². The standard InChI is InChI=1S/C12H25NO2/c1-5-6-7-11(15)13-9-8-10(14)12(2,3)4/h10,14H,5-9H2,1-4H3,(H,13,15). The molecule has 0 saturated carbocycles. The van der Waals surface area contributed by atoms with E-state index in [0.29, 0.717) is 19.4 Å². The summed E-state index contributed by atoms with van der Waals surface area (Å²) in [7, 11) is 0. The van der Waals surface area contributed by atoms with E-state index in [-0.39, 0.29) is 17.4 Å². The molecule has 0 fully saturated rings. The molecule has 1 atom stereocenters. The maximum Gasteiger partial charge on any atom is 0.219 e. The van der Waals surface area contributed by atoms with E-state index in [0.717, 1.165) is 12.8 Å². The van der Waals surface area contributed by atoms with Crippen LogP contribution in [0.1, 0.15) is 53.4 Å². The second-order valence-corrected chi connectivity index (χ2v) is 5.12. The van der Waals surface area contributed by atoms with Gasteiger partial charge in [-0.2, -0.15) is 0 Å². The van der Waals surface area contributed by atoms with Crippen molar-refractivity contribution < 1.29 is 9.90 Å². The fourth-order valence-electron chi connectivity index (χ4n) is 1.21. The summed E-state index contributed by atoms with van der Waals surface area (Å²) >= 11 is 0. The van der Waals surface area contributed by atoms with Crippen molar-refractivity contribution in [2.24, 2.45) is 5.41 Å². The number of carbonyl (C=O) groups excluding carboxylic acids is 1. The van der Waals surface area contributed by atoms with Gasteiger partial charge in [0.15, 0.2) is 0 Å². The number of nitrogens with one attached hydrogen (secondary N) is 1. The number of rotatable bonds is 6. The number of carbonyl (C=O) groups is 1. The lowest BCUT2D eigenvalue weighted by Crippen LogP contribution is -2.32. The minimum absolute atomic E-state index is 0.0953. The largest absolute Gasteiger partial charge is 0.393 e. The van der Waals surface area contributed by atoms with Crippen LogP contribution >= 0.6 is 0 Å². The summed E-state index contributed by atoms with van der Waals surface area (Å²) < 4.78 is 0. The maximum atomic E-state index is 11.2. The molecule has 0 heterocycles. The Bertz CT molecular complexity index is 185. The normalized spacial score (nSPS) is 13.7. The molecule has 0 radical (unpaired) electrons. The molecule has 0 rings (SSSR count). The number of aliphatic hydroxyl groups excluding tert-OH is 1. The predicted molar refractivity (Wildman–Crippen MR) is 62.6 cm³/mol. The topological polar surface area (TPSA) is 49.3 Å². The summed E-state index contributed by atoms with van der Waals surface area (Å²) in [4.78, 5) is 11.2. The molecule has 1 unspecified atom stereocenters. The molecule has 0 bridgehead atoms. The monoisotopic (exact) mass is 215 g/mol. The Kier molecular flexibility index (Phi) is 6.57. The highest BCUT2D eigenvalue weighted by molar-refractivity contribution is 5.75. The third-order valence-corrected chi connectivity index (χ3v) is 2.50. The number of hydrogen-bond donors (Lipinski definition) is 2. The van der Waals surface area contributed by atoms with Crippen molar-refractivity contribution in [1.82, 2.24) is 5.32 Å². The first kappa shape index (κ1) is 14.4. The smallest absolute Gasteiger partial charge is 0.219 e. The van der Waals surface area contributed by atoms with Crippen LogP contribution in [-0.4, -0.2) is 23.7 Å². The molecule has 90 valence electrons. The van der Waals surface area contributed by atoms with Crippen molar-refractivity contribution in [3.8, 4) is 0 Å². The fourth-order valence-corrected chi connectivity index (χ4v) is 1.21. The van der Waals surface area contributed by atoms with Gasteiger partial charge in [-0.05, 0) is 18.3 Å². The second kappa shape index (κ2) is 6.83. The molecule has 3 heteroatoms. The molecule has 0 aliphatic carbocycles. The van der Waals surface area contributed by atoms with Crippen LogP contribution in [0.15, 0.2) is 0 Å². The molecule has 1 amide bonds. The van der Waals surface area contributed by atoms with E-state index in [9.17, 15) is 9.90 Å². The van der Waals surface area contributed by atoms with Gasteiger partial charge in [0.25, 0.3) is 0 Å². The van der Waals surface area contributed by atoms with Gasteiger partial charge in [0.05, 0.1) is 6.10 Å².